The van der Waals surface area contributed by atoms with Gasteiger partial charge in [0.25, 0.3) is 0 Å². The zero-order valence-electron chi connectivity index (χ0n) is 32.0. The molecule has 6 heteroatoms. The number of allylic oxidation sites excluding steroid dienone is 2. The fraction of sp³-hybridized carbons (Fsp3) is 0.905. The number of aliphatic hydroxyl groups excluding tert-OH is 2. The molecule has 0 fully saturated rings. The smallest absolute Gasteiger partial charge is 0.305 e. The predicted octanol–water partition coefficient (Wildman–Crippen LogP) is 11.4. The van der Waals surface area contributed by atoms with E-state index in [-0.39, 0.29) is 18.5 Å². The summed E-state index contributed by atoms with van der Waals surface area (Å²) in [5.74, 6) is -0.0999. The van der Waals surface area contributed by atoms with Crippen LogP contribution in [0.3, 0.4) is 0 Å². The van der Waals surface area contributed by atoms with E-state index in [2.05, 4.69) is 31.3 Å². The van der Waals surface area contributed by atoms with Crippen molar-refractivity contribution in [1.82, 2.24) is 5.32 Å². The second-order valence-electron chi connectivity index (χ2n) is 14.3. The number of carbonyl (C=O) groups is 2. The minimum absolute atomic E-state index is 0.0326. The van der Waals surface area contributed by atoms with E-state index < -0.39 is 12.1 Å². The summed E-state index contributed by atoms with van der Waals surface area (Å²) < 4.78 is 5.40. The Morgan fingerprint density at radius 1 is 0.562 bits per heavy atom. The first kappa shape index (κ1) is 46.6. The van der Waals surface area contributed by atoms with E-state index in [1.165, 1.54) is 103 Å². The van der Waals surface area contributed by atoms with Crippen molar-refractivity contribution in [1.29, 1.82) is 0 Å². The Morgan fingerprint density at radius 3 is 1.48 bits per heavy atom. The standard InChI is InChI=1S/C42H81NO5/c1-3-5-7-9-11-13-15-20-24-28-32-36-42(47)48-37-33-29-25-21-17-14-16-19-23-27-31-35-41(46)43-39(38-44)40(45)34-30-26-22-18-12-10-8-6-4-2/h17,21,39-40,44-45H,3-16,18-20,22-38H2,1-2H3,(H,43,46)/b21-17-. The summed E-state index contributed by atoms with van der Waals surface area (Å²) in [4.78, 5) is 24.3. The van der Waals surface area contributed by atoms with E-state index in [4.69, 9.17) is 4.74 Å². The minimum Gasteiger partial charge on any atom is -0.466 e. The Labute approximate surface area is 298 Å². The van der Waals surface area contributed by atoms with Crippen molar-refractivity contribution >= 4 is 11.9 Å². The lowest BCUT2D eigenvalue weighted by Gasteiger charge is -2.22. The van der Waals surface area contributed by atoms with Crippen LogP contribution in [-0.4, -0.2) is 47.4 Å². The molecule has 0 saturated carbocycles. The molecule has 0 aromatic rings. The van der Waals surface area contributed by atoms with Crippen molar-refractivity contribution in [2.24, 2.45) is 0 Å². The number of carbonyl (C=O) groups excluding carboxylic acids is 2. The highest BCUT2D eigenvalue weighted by atomic mass is 16.5. The SMILES string of the molecule is CCCCCCCCCCCCCC(=O)OCCCC/C=C\CCCCCCCC(=O)NC(CO)C(O)CCCCCCCCCCC. The molecule has 3 N–H and O–H groups in total. The van der Waals surface area contributed by atoms with Gasteiger partial charge in [0, 0.05) is 12.8 Å². The summed E-state index contributed by atoms with van der Waals surface area (Å²) in [6, 6.07) is -0.558. The second-order valence-corrected chi connectivity index (χ2v) is 14.3. The highest BCUT2D eigenvalue weighted by Crippen LogP contribution is 2.14. The Bertz CT molecular complexity index is 712. The largest absolute Gasteiger partial charge is 0.466 e. The van der Waals surface area contributed by atoms with E-state index in [0.29, 0.717) is 25.9 Å². The molecule has 0 saturated heterocycles. The van der Waals surface area contributed by atoms with Crippen molar-refractivity contribution < 1.29 is 24.5 Å². The number of esters is 1. The number of hydrogen-bond acceptors (Lipinski definition) is 5. The second kappa shape index (κ2) is 38.4. The third-order valence-corrected chi connectivity index (χ3v) is 9.56. The van der Waals surface area contributed by atoms with Gasteiger partial charge < -0.3 is 20.3 Å². The molecule has 0 aromatic heterocycles. The van der Waals surface area contributed by atoms with Crippen LogP contribution >= 0.6 is 0 Å². The fourth-order valence-corrected chi connectivity index (χ4v) is 6.28. The van der Waals surface area contributed by atoms with Gasteiger partial charge in [0.2, 0.25) is 5.91 Å². The molecule has 0 rings (SSSR count). The van der Waals surface area contributed by atoms with E-state index in [9.17, 15) is 19.8 Å². The summed E-state index contributed by atoms with van der Waals surface area (Å²) in [5.41, 5.74) is 0. The third kappa shape index (κ3) is 34.5. The lowest BCUT2D eigenvalue weighted by Crippen LogP contribution is -2.45. The molecular weight excluding hydrogens is 598 g/mol. The maximum absolute atomic E-state index is 12.3. The van der Waals surface area contributed by atoms with Crippen LogP contribution in [0.4, 0.5) is 0 Å². The molecule has 0 bridgehead atoms. The van der Waals surface area contributed by atoms with Crippen LogP contribution in [0.5, 0.6) is 0 Å². The monoisotopic (exact) mass is 680 g/mol. The number of ether oxygens (including phenoxy) is 1. The molecule has 2 unspecified atom stereocenters. The molecule has 0 aliphatic heterocycles. The molecule has 0 aromatic carbocycles. The van der Waals surface area contributed by atoms with Gasteiger partial charge in [-0.2, -0.15) is 0 Å². The summed E-state index contributed by atoms with van der Waals surface area (Å²) in [7, 11) is 0. The molecule has 1 amide bonds. The Kier molecular flexibility index (Phi) is 37.3. The molecule has 0 spiro atoms. The van der Waals surface area contributed by atoms with Crippen molar-refractivity contribution in [2.45, 2.75) is 231 Å². The van der Waals surface area contributed by atoms with Crippen molar-refractivity contribution in [3.63, 3.8) is 0 Å². The minimum atomic E-state index is -0.678. The number of aliphatic hydroxyl groups is 2. The van der Waals surface area contributed by atoms with Gasteiger partial charge in [-0.3, -0.25) is 9.59 Å². The first-order chi connectivity index (χ1) is 23.5. The number of hydrogen-bond donors (Lipinski definition) is 3. The Morgan fingerprint density at radius 2 is 0.979 bits per heavy atom. The van der Waals surface area contributed by atoms with Gasteiger partial charge in [0.05, 0.1) is 25.4 Å². The zero-order valence-corrected chi connectivity index (χ0v) is 32.0. The average Bonchev–Trinajstić information content (AvgIpc) is 3.08. The van der Waals surface area contributed by atoms with E-state index in [1.807, 2.05) is 0 Å². The topological polar surface area (TPSA) is 95.9 Å². The molecular formula is C42H81NO5. The van der Waals surface area contributed by atoms with Crippen molar-refractivity contribution in [3.05, 3.63) is 12.2 Å². The van der Waals surface area contributed by atoms with E-state index >= 15 is 0 Å². The molecule has 2 atom stereocenters. The van der Waals surface area contributed by atoms with Crippen LogP contribution in [-0.2, 0) is 14.3 Å². The molecule has 0 heterocycles. The van der Waals surface area contributed by atoms with Crippen LogP contribution in [0, 0.1) is 0 Å². The molecule has 0 aliphatic carbocycles. The third-order valence-electron chi connectivity index (χ3n) is 9.56. The van der Waals surface area contributed by atoms with Crippen LogP contribution in [0.1, 0.15) is 219 Å². The van der Waals surface area contributed by atoms with Gasteiger partial charge in [0.15, 0.2) is 0 Å². The van der Waals surface area contributed by atoms with Crippen molar-refractivity contribution in [3.8, 4) is 0 Å². The Hall–Kier alpha value is -1.40. The normalized spacial score (nSPS) is 12.8. The van der Waals surface area contributed by atoms with Crippen LogP contribution in [0.2, 0.25) is 0 Å². The van der Waals surface area contributed by atoms with Gasteiger partial charge in [-0.05, 0) is 51.4 Å². The van der Waals surface area contributed by atoms with Gasteiger partial charge in [0.1, 0.15) is 0 Å². The van der Waals surface area contributed by atoms with Gasteiger partial charge >= 0.3 is 5.97 Å². The molecule has 0 radical (unpaired) electrons. The molecule has 48 heavy (non-hydrogen) atoms. The summed E-state index contributed by atoms with van der Waals surface area (Å²) in [6.07, 6.45) is 40.2. The number of amides is 1. The molecule has 284 valence electrons. The summed E-state index contributed by atoms with van der Waals surface area (Å²) >= 11 is 0. The highest BCUT2D eigenvalue weighted by Gasteiger charge is 2.20. The highest BCUT2D eigenvalue weighted by molar-refractivity contribution is 5.76. The summed E-state index contributed by atoms with van der Waals surface area (Å²) in [5, 5.41) is 23.0. The van der Waals surface area contributed by atoms with E-state index in [0.717, 1.165) is 83.5 Å². The fourth-order valence-electron chi connectivity index (χ4n) is 6.28. The van der Waals surface area contributed by atoms with Gasteiger partial charge in [-0.25, -0.2) is 0 Å². The van der Waals surface area contributed by atoms with Gasteiger partial charge in [-0.15, -0.1) is 0 Å². The first-order valence-electron chi connectivity index (χ1n) is 20.9. The van der Waals surface area contributed by atoms with Crippen LogP contribution in [0.25, 0.3) is 0 Å². The van der Waals surface area contributed by atoms with Gasteiger partial charge in [-0.1, -0.05) is 167 Å². The predicted molar refractivity (Wildman–Crippen MR) is 204 cm³/mol. The Balaban J connectivity index is 3.52. The maximum atomic E-state index is 12.3. The van der Waals surface area contributed by atoms with E-state index in [1.54, 1.807) is 0 Å². The number of unbranched alkanes of at least 4 members (excludes halogenated alkanes) is 25. The number of nitrogens with one attached hydrogen (secondary N) is 1. The summed E-state index contributed by atoms with van der Waals surface area (Å²) in [6.45, 7) is 4.83. The zero-order chi connectivity index (χ0) is 35.2. The van der Waals surface area contributed by atoms with Crippen molar-refractivity contribution in [2.75, 3.05) is 13.2 Å². The number of rotatable bonds is 38. The maximum Gasteiger partial charge on any atom is 0.305 e. The average molecular weight is 680 g/mol. The molecule has 0 aliphatic rings. The lowest BCUT2D eigenvalue weighted by atomic mass is 10.0. The molecule has 6 nitrogen and oxygen atoms in total. The lowest BCUT2D eigenvalue weighted by molar-refractivity contribution is -0.143. The first-order valence-corrected chi connectivity index (χ1v) is 20.9. The quantitative estimate of drug-likeness (QED) is 0.0343. The van der Waals surface area contributed by atoms with Crippen LogP contribution < -0.4 is 5.32 Å². The van der Waals surface area contributed by atoms with Crippen LogP contribution in [0.15, 0.2) is 12.2 Å².